The monoisotopic (exact) mass is 199 g/mol. The molecule has 0 aliphatic heterocycles. The van der Waals surface area contributed by atoms with Crippen LogP contribution in [0, 0.1) is 0 Å². The predicted octanol–water partition coefficient (Wildman–Crippen LogP) is 1.02. The Morgan fingerprint density at radius 3 is 2.21 bits per heavy atom. The molecule has 0 unspecified atom stereocenters. The van der Waals surface area contributed by atoms with E-state index in [1.165, 1.54) is 6.92 Å². The molecule has 0 fully saturated rings. The molecule has 0 saturated heterocycles. The topological polar surface area (TPSA) is 55.4 Å². The van der Waals surface area contributed by atoms with Crippen LogP contribution in [-0.4, -0.2) is 24.0 Å². The van der Waals surface area contributed by atoms with E-state index in [-0.39, 0.29) is 12.5 Å². The zero-order valence-corrected chi connectivity index (χ0v) is 9.14. The Morgan fingerprint density at radius 2 is 1.86 bits per heavy atom. The summed E-state index contributed by atoms with van der Waals surface area (Å²) in [7, 11) is 0. The number of amides is 1. The van der Waals surface area contributed by atoms with Gasteiger partial charge < -0.3 is 10.1 Å². The Kier molecular flexibility index (Phi) is 4.34. The molecule has 0 heterocycles. The maximum absolute atomic E-state index is 11.0. The van der Waals surface area contributed by atoms with Gasteiger partial charge in [0.15, 0.2) is 0 Å². The number of ether oxygens (including phenoxy) is 1. The second-order valence-corrected chi connectivity index (χ2v) is 3.92. The van der Waals surface area contributed by atoms with Crippen molar-refractivity contribution in [2.75, 3.05) is 6.61 Å². The van der Waals surface area contributed by atoms with Crippen molar-refractivity contribution in [3.05, 3.63) is 12.2 Å². The third-order valence-corrected chi connectivity index (χ3v) is 1.43. The molecule has 1 amide bonds. The van der Waals surface area contributed by atoms with E-state index in [0.717, 1.165) is 0 Å². The second-order valence-electron chi connectivity index (χ2n) is 3.92. The maximum Gasteiger partial charge on any atom is 0.333 e. The average Bonchev–Trinajstić information content (AvgIpc) is 1.97. The lowest BCUT2D eigenvalue weighted by Crippen LogP contribution is -2.46. The van der Waals surface area contributed by atoms with Gasteiger partial charge >= 0.3 is 5.97 Å². The van der Waals surface area contributed by atoms with Gasteiger partial charge in [-0.3, -0.25) is 4.79 Å². The molecular weight excluding hydrogens is 182 g/mol. The molecule has 80 valence electrons. The number of hydrogen-bond acceptors (Lipinski definition) is 3. The van der Waals surface area contributed by atoms with Gasteiger partial charge in [-0.1, -0.05) is 6.58 Å². The number of carbonyl (C=O) groups is 2. The van der Waals surface area contributed by atoms with Crippen LogP contribution in [0.15, 0.2) is 12.2 Å². The molecule has 1 N–H and O–H groups in total. The van der Waals surface area contributed by atoms with Gasteiger partial charge in [0.25, 0.3) is 0 Å². The van der Waals surface area contributed by atoms with Crippen molar-refractivity contribution in [2.45, 2.75) is 33.2 Å². The Labute approximate surface area is 84.3 Å². The number of esters is 1. The summed E-state index contributed by atoms with van der Waals surface area (Å²) < 4.78 is 4.92. The molecule has 4 nitrogen and oxygen atoms in total. The Bertz CT molecular complexity index is 256. The highest BCUT2D eigenvalue weighted by Crippen LogP contribution is 2.04. The summed E-state index contributed by atoms with van der Waals surface area (Å²) in [5.41, 5.74) is -0.194. The average molecular weight is 199 g/mol. The largest absolute Gasteiger partial charge is 0.460 e. The van der Waals surface area contributed by atoms with Gasteiger partial charge in [-0.05, 0) is 20.8 Å². The standard InChI is InChI=1S/C10H17NO3/c1-7(2)9(13)14-6-10(4,5)11-8(3)12/h1,6H2,2-5H3,(H,11,12). The first-order valence-corrected chi connectivity index (χ1v) is 4.36. The van der Waals surface area contributed by atoms with Crippen LogP contribution in [0.2, 0.25) is 0 Å². The molecule has 0 aromatic carbocycles. The summed E-state index contributed by atoms with van der Waals surface area (Å²) in [6.07, 6.45) is 0. The molecule has 0 bridgehead atoms. The number of carbonyl (C=O) groups excluding carboxylic acids is 2. The van der Waals surface area contributed by atoms with Crippen LogP contribution in [0.25, 0.3) is 0 Å². The minimum absolute atomic E-state index is 0.137. The van der Waals surface area contributed by atoms with E-state index in [0.29, 0.717) is 5.57 Å². The van der Waals surface area contributed by atoms with Crippen LogP contribution in [-0.2, 0) is 14.3 Å². The van der Waals surface area contributed by atoms with E-state index < -0.39 is 11.5 Å². The summed E-state index contributed by atoms with van der Waals surface area (Å²) in [5.74, 6) is -0.593. The first-order chi connectivity index (χ1) is 6.24. The first-order valence-electron chi connectivity index (χ1n) is 4.36. The van der Waals surface area contributed by atoms with Crippen LogP contribution in [0.4, 0.5) is 0 Å². The molecule has 0 aliphatic carbocycles. The van der Waals surface area contributed by atoms with E-state index in [4.69, 9.17) is 4.74 Å². The van der Waals surface area contributed by atoms with E-state index in [9.17, 15) is 9.59 Å². The van der Waals surface area contributed by atoms with Gasteiger partial charge in [-0.15, -0.1) is 0 Å². The quantitative estimate of drug-likeness (QED) is 0.543. The van der Waals surface area contributed by atoms with E-state index in [1.807, 2.05) is 0 Å². The molecule has 0 spiro atoms. The van der Waals surface area contributed by atoms with Crippen LogP contribution >= 0.6 is 0 Å². The van der Waals surface area contributed by atoms with E-state index in [2.05, 4.69) is 11.9 Å². The molecule has 0 aromatic rings. The summed E-state index contributed by atoms with van der Waals surface area (Å²) in [4.78, 5) is 21.8. The highest BCUT2D eigenvalue weighted by Gasteiger charge is 2.20. The fraction of sp³-hybridized carbons (Fsp3) is 0.600. The number of nitrogens with one attached hydrogen (secondary N) is 1. The Morgan fingerprint density at radius 1 is 1.36 bits per heavy atom. The normalized spacial score (nSPS) is 10.6. The summed E-state index contributed by atoms with van der Waals surface area (Å²) in [5, 5.41) is 2.67. The molecule has 0 rings (SSSR count). The van der Waals surface area contributed by atoms with Crippen molar-refractivity contribution in [1.29, 1.82) is 0 Å². The molecule has 0 atom stereocenters. The van der Waals surface area contributed by atoms with Crippen LogP contribution < -0.4 is 5.32 Å². The minimum Gasteiger partial charge on any atom is -0.460 e. The molecule has 0 aromatic heterocycles. The minimum atomic E-state index is -0.545. The fourth-order valence-corrected chi connectivity index (χ4v) is 0.882. The van der Waals surface area contributed by atoms with Crippen molar-refractivity contribution < 1.29 is 14.3 Å². The fourth-order valence-electron chi connectivity index (χ4n) is 0.882. The summed E-state index contributed by atoms with van der Waals surface area (Å²) >= 11 is 0. The van der Waals surface area contributed by atoms with Gasteiger partial charge in [0.2, 0.25) is 5.91 Å². The Hall–Kier alpha value is -1.32. The van der Waals surface area contributed by atoms with Gasteiger partial charge in [-0.25, -0.2) is 4.79 Å². The Balaban J connectivity index is 4.05. The zero-order chi connectivity index (χ0) is 11.4. The van der Waals surface area contributed by atoms with Crippen LogP contribution in [0.3, 0.4) is 0 Å². The molecule has 0 aliphatic rings. The SMILES string of the molecule is C=C(C)C(=O)OCC(C)(C)NC(C)=O. The smallest absolute Gasteiger partial charge is 0.333 e. The third kappa shape index (κ3) is 5.35. The maximum atomic E-state index is 11.0. The van der Waals surface area contributed by atoms with Crippen molar-refractivity contribution in [3.8, 4) is 0 Å². The van der Waals surface area contributed by atoms with Crippen molar-refractivity contribution >= 4 is 11.9 Å². The van der Waals surface area contributed by atoms with Gasteiger partial charge in [0, 0.05) is 12.5 Å². The summed E-state index contributed by atoms with van der Waals surface area (Å²) in [6.45, 7) is 10.1. The molecule has 4 heteroatoms. The predicted molar refractivity (Wildman–Crippen MR) is 53.7 cm³/mol. The third-order valence-electron chi connectivity index (χ3n) is 1.43. The number of hydrogen-bond donors (Lipinski definition) is 1. The van der Waals surface area contributed by atoms with E-state index >= 15 is 0 Å². The van der Waals surface area contributed by atoms with Crippen molar-refractivity contribution in [3.63, 3.8) is 0 Å². The molecule has 0 radical (unpaired) electrons. The van der Waals surface area contributed by atoms with Crippen molar-refractivity contribution in [2.24, 2.45) is 0 Å². The summed E-state index contributed by atoms with van der Waals surface area (Å²) in [6, 6.07) is 0. The second kappa shape index (κ2) is 4.79. The first kappa shape index (κ1) is 12.7. The highest BCUT2D eigenvalue weighted by molar-refractivity contribution is 5.87. The lowest BCUT2D eigenvalue weighted by atomic mass is 10.1. The van der Waals surface area contributed by atoms with Crippen molar-refractivity contribution in [1.82, 2.24) is 5.32 Å². The molecule has 14 heavy (non-hydrogen) atoms. The lowest BCUT2D eigenvalue weighted by molar-refractivity contribution is -0.141. The van der Waals surface area contributed by atoms with Crippen LogP contribution in [0.1, 0.15) is 27.7 Å². The van der Waals surface area contributed by atoms with E-state index in [1.54, 1.807) is 20.8 Å². The van der Waals surface area contributed by atoms with Gasteiger partial charge in [0.1, 0.15) is 6.61 Å². The number of rotatable bonds is 4. The lowest BCUT2D eigenvalue weighted by Gasteiger charge is -2.24. The molecular formula is C10H17NO3. The highest BCUT2D eigenvalue weighted by atomic mass is 16.5. The van der Waals surface area contributed by atoms with Gasteiger partial charge in [0.05, 0.1) is 5.54 Å². The molecule has 0 saturated carbocycles. The zero-order valence-electron chi connectivity index (χ0n) is 9.14. The van der Waals surface area contributed by atoms with Gasteiger partial charge in [-0.2, -0.15) is 0 Å². The van der Waals surface area contributed by atoms with Crippen LogP contribution in [0.5, 0.6) is 0 Å².